The summed E-state index contributed by atoms with van der Waals surface area (Å²) < 4.78 is 1.63. The molecule has 0 atom stereocenters. The van der Waals surface area contributed by atoms with Crippen molar-refractivity contribution >= 4 is 29.0 Å². The van der Waals surface area contributed by atoms with Crippen LogP contribution >= 0.6 is 11.6 Å². The summed E-state index contributed by atoms with van der Waals surface area (Å²) in [5.74, 6) is 0.0931. The number of anilines is 1. The Morgan fingerprint density at radius 1 is 1.50 bits per heavy atom. The zero-order valence-corrected chi connectivity index (χ0v) is 12.7. The molecule has 1 amide bonds. The van der Waals surface area contributed by atoms with Crippen LogP contribution in [-0.2, 0) is 4.79 Å². The number of carbonyl (C=O) groups is 1. The number of benzene rings is 1. The number of halogens is 1. The summed E-state index contributed by atoms with van der Waals surface area (Å²) >= 11 is 5.66. The molecular formula is C16H13ClN4O. The molecule has 0 unspecified atom stereocenters. The maximum atomic E-state index is 12.0. The lowest BCUT2D eigenvalue weighted by Crippen LogP contribution is -2.37. The smallest absolute Gasteiger partial charge is 0.243 e. The highest BCUT2D eigenvalue weighted by Crippen LogP contribution is 2.31. The van der Waals surface area contributed by atoms with E-state index in [1.165, 1.54) is 11.1 Å². The molecular weight excluding hydrogens is 300 g/mol. The molecule has 0 radical (unpaired) electrons. The van der Waals surface area contributed by atoms with Gasteiger partial charge in [0.05, 0.1) is 11.9 Å². The molecule has 0 bridgehead atoms. The van der Waals surface area contributed by atoms with E-state index in [1.54, 1.807) is 4.68 Å². The molecule has 0 aliphatic carbocycles. The van der Waals surface area contributed by atoms with Gasteiger partial charge < -0.3 is 0 Å². The molecule has 22 heavy (non-hydrogen) atoms. The van der Waals surface area contributed by atoms with Gasteiger partial charge in [-0.15, -0.1) is 11.6 Å². The molecule has 1 aromatic carbocycles. The number of aromatic nitrogens is 2. The molecule has 5 nitrogen and oxygen atoms in total. The number of hydrogen-bond acceptors (Lipinski definition) is 3. The molecule has 0 fully saturated rings. The molecule has 1 aliphatic heterocycles. The van der Waals surface area contributed by atoms with Crippen LogP contribution in [0.1, 0.15) is 16.7 Å². The number of alkyl halides is 1. The molecule has 0 saturated carbocycles. The normalized spacial score (nSPS) is 13.3. The van der Waals surface area contributed by atoms with Gasteiger partial charge in [0, 0.05) is 12.1 Å². The van der Waals surface area contributed by atoms with Crippen LogP contribution in [0, 0.1) is 18.3 Å². The zero-order valence-electron chi connectivity index (χ0n) is 12.0. The lowest BCUT2D eigenvalue weighted by Gasteiger charge is -2.27. The van der Waals surface area contributed by atoms with Crippen LogP contribution in [0.3, 0.4) is 0 Å². The summed E-state index contributed by atoms with van der Waals surface area (Å²) in [5.41, 5.74) is 3.34. The lowest BCUT2D eigenvalue weighted by molar-refractivity contribution is -0.116. The van der Waals surface area contributed by atoms with Crippen molar-refractivity contribution < 1.29 is 4.79 Å². The van der Waals surface area contributed by atoms with Gasteiger partial charge in [0.1, 0.15) is 17.5 Å². The van der Waals surface area contributed by atoms with E-state index in [9.17, 15) is 10.1 Å². The van der Waals surface area contributed by atoms with Crippen molar-refractivity contribution in [3.63, 3.8) is 0 Å². The highest BCUT2D eigenvalue weighted by atomic mass is 35.5. The van der Waals surface area contributed by atoms with Gasteiger partial charge in [-0.05, 0) is 19.1 Å². The average molecular weight is 313 g/mol. The van der Waals surface area contributed by atoms with E-state index >= 15 is 0 Å². The van der Waals surface area contributed by atoms with Gasteiger partial charge in [-0.2, -0.15) is 10.4 Å². The third-order valence-electron chi connectivity index (χ3n) is 3.54. The van der Waals surface area contributed by atoms with Gasteiger partial charge in [-0.25, -0.2) is 4.68 Å². The first kappa shape index (κ1) is 14.4. The van der Waals surface area contributed by atoms with E-state index in [0.29, 0.717) is 17.9 Å². The molecule has 1 aromatic heterocycles. The molecule has 0 saturated heterocycles. The van der Waals surface area contributed by atoms with Crippen LogP contribution in [0.25, 0.3) is 5.70 Å². The number of fused-ring (bicyclic) bond motifs is 1. The predicted molar refractivity (Wildman–Crippen MR) is 84.6 cm³/mol. The Kier molecular flexibility index (Phi) is 3.70. The minimum Gasteiger partial charge on any atom is -0.291 e. The van der Waals surface area contributed by atoms with Crippen molar-refractivity contribution in [3.8, 4) is 6.07 Å². The molecule has 6 heteroatoms. The van der Waals surface area contributed by atoms with E-state index in [-0.39, 0.29) is 11.8 Å². The average Bonchev–Trinajstić information content (AvgIpc) is 2.97. The van der Waals surface area contributed by atoms with E-state index in [4.69, 9.17) is 11.6 Å². The third kappa shape index (κ3) is 2.28. The van der Waals surface area contributed by atoms with Gasteiger partial charge in [-0.3, -0.25) is 9.69 Å². The van der Waals surface area contributed by atoms with E-state index in [0.717, 1.165) is 16.8 Å². The highest BCUT2D eigenvalue weighted by Gasteiger charge is 2.28. The summed E-state index contributed by atoms with van der Waals surface area (Å²) in [6, 6.07) is 10.1. The number of hydrogen-bond donors (Lipinski definition) is 0. The van der Waals surface area contributed by atoms with Crippen LogP contribution in [-0.4, -0.2) is 28.1 Å². The van der Waals surface area contributed by atoms with Crippen LogP contribution < -0.4 is 4.90 Å². The number of carbonyl (C=O) groups excluding carboxylic acids is 1. The Morgan fingerprint density at radius 3 is 3.00 bits per heavy atom. The number of rotatable bonds is 2. The minimum absolute atomic E-state index is 0.135. The van der Waals surface area contributed by atoms with Gasteiger partial charge in [0.15, 0.2) is 5.82 Å². The summed E-state index contributed by atoms with van der Waals surface area (Å²) in [7, 11) is 0. The second-order valence-electron chi connectivity index (χ2n) is 5.00. The van der Waals surface area contributed by atoms with E-state index < -0.39 is 0 Å². The molecule has 1 aliphatic rings. The monoisotopic (exact) mass is 312 g/mol. The Hall–Kier alpha value is -2.58. The van der Waals surface area contributed by atoms with Crippen LogP contribution in [0.5, 0.6) is 0 Å². The van der Waals surface area contributed by atoms with Crippen LogP contribution in [0.4, 0.5) is 5.82 Å². The fourth-order valence-electron chi connectivity index (χ4n) is 2.54. The standard InChI is InChI=1S/C16H13ClN4O/c1-11-3-2-4-12(7-11)14-5-6-20(15(22)8-17)16-13(9-18)10-19-21(14)16/h2-5,7,10H,6,8H2,1H3. The Balaban J connectivity index is 2.14. The van der Waals surface area contributed by atoms with Crippen molar-refractivity contribution in [2.75, 3.05) is 17.3 Å². The van der Waals surface area contributed by atoms with Crippen molar-refractivity contribution in [2.24, 2.45) is 0 Å². The first-order chi connectivity index (χ1) is 10.7. The van der Waals surface area contributed by atoms with Gasteiger partial charge in [-0.1, -0.05) is 23.8 Å². The van der Waals surface area contributed by atoms with E-state index in [2.05, 4.69) is 11.2 Å². The predicted octanol–water partition coefficient (Wildman–Crippen LogP) is 2.54. The summed E-state index contributed by atoms with van der Waals surface area (Å²) in [6.07, 6.45) is 3.39. The zero-order chi connectivity index (χ0) is 15.7. The Morgan fingerprint density at radius 2 is 2.32 bits per heavy atom. The fraction of sp³-hybridized carbons (Fsp3) is 0.188. The molecule has 3 rings (SSSR count). The van der Waals surface area contributed by atoms with Crippen molar-refractivity contribution in [2.45, 2.75) is 6.92 Å². The van der Waals surface area contributed by atoms with Gasteiger partial charge in [0.2, 0.25) is 5.91 Å². The molecule has 0 N–H and O–H groups in total. The minimum atomic E-state index is -0.251. The molecule has 110 valence electrons. The summed E-state index contributed by atoms with van der Waals surface area (Å²) in [4.78, 5) is 13.5. The second kappa shape index (κ2) is 5.66. The topological polar surface area (TPSA) is 61.9 Å². The maximum absolute atomic E-state index is 12.0. The fourth-order valence-corrected chi connectivity index (χ4v) is 2.69. The first-order valence-electron chi connectivity index (χ1n) is 6.77. The van der Waals surface area contributed by atoms with Crippen molar-refractivity contribution in [3.05, 3.63) is 53.2 Å². The van der Waals surface area contributed by atoms with Crippen molar-refractivity contribution in [1.29, 1.82) is 5.26 Å². The first-order valence-corrected chi connectivity index (χ1v) is 7.31. The number of nitrogens with zero attached hydrogens (tertiary/aromatic N) is 4. The summed E-state index contributed by atoms with van der Waals surface area (Å²) in [6.45, 7) is 2.39. The number of amides is 1. The van der Waals surface area contributed by atoms with Gasteiger partial charge in [0.25, 0.3) is 0 Å². The highest BCUT2D eigenvalue weighted by molar-refractivity contribution is 6.29. The molecule has 0 spiro atoms. The van der Waals surface area contributed by atoms with Gasteiger partial charge >= 0.3 is 0 Å². The molecule has 2 heterocycles. The number of aryl methyl sites for hydroxylation is 1. The Bertz CT molecular complexity index is 816. The summed E-state index contributed by atoms with van der Waals surface area (Å²) in [5, 5.41) is 13.5. The van der Waals surface area contributed by atoms with Crippen molar-refractivity contribution in [1.82, 2.24) is 9.78 Å². The third-order valence-corrected chi connectivity index (χ3v) is 3.77. The number of nitriles is 1. The Labute approximate surface area is 133 Å². The SMILES string of the molecule is Cc1cccc(C2=CCN(C(=O)CCl)c3c(C#N)cnn32)c1. The quantitative estimate of drug-likeness (QED) is 0.801. The largest absolute Gasteiger partial charge is 0.291 e. The lowest BCUT2D eigenvalue weighted by atomic mass is 10.1. The van der Waals surface area contributed by atoms with Crippen LogP contribution in [0.2, 0.25) is 0 Å². The maximum Gasteiger partial charge on any atom is 0.243 e. The van der Waals surface area contributed by atoms with E-state index in [1.807, 2.05) is 37.3 Å². The molecule has 2 aromatic rings. The second-order valence-corrected chi connectivity index (χ2v) is 5.27. The van der Waals surface area contributed by atoms with Crippen LogP contribution in [0.15, 0.2) is 36.5 Å².